The third-order valence-electron chi connectivity index (χ3n) is 2.93. The second-order valence-electron chi connectivity index (χ2n) is 4.10. The molecule has 0 aliphatic heterocycles. The Morgan fingerprint density at radius 2 is 2.18 bits per heavy atom. The Bertz CT molecular complexity index is 417. The lowest BCUT2D eigenvalue weighted by Crippen LogP contribution is -2.37. The van der Waals surface area contributed by atoms with E-state index < -0.39 is 0 Å². The number of Topliss-reactive ketones (excluding diaryl/α,β-unsaturated/α-hetero) is 1. The van der Waals surface area contributed by atoms with Gasteiger partial charge in [-0.15, -0.1) is 11.3 Å². The molecule has 0 spiro atoms. The Hall–Kier alpha value is -1.36. The van der Waals surface area contributed by atoms with Gasteiger partial charge >= 0.3 is 0 Å². The van der Waals surface area contributed by atoms with Gasteiger partial charge in [0.05, 0.1) is 7.11 Å². The van der Waals surface area contributed by atoms with E-state index in [2.05, 4.69) is 5.32 Å². The van der Waals surface area contributed by atoms with Gasteiger partial charge in [0, 0.05) is 18.9 Å². The molecule has 1 aliphatic rings. The van der Waals surface area contributed by atoms with Crippen LogP contribution >= 0.6 is 11.3 Å². The molecule has 2 rings (SSSR count). The van der Waals surface area contributed by atoms with Crippen molar-refractivity contribution < 1.29 is 14.3 Å². The van der Waals surface area contributed by atoms with Crippen molar-refractivity contribution in [2.24, 2.45) is 0 Å². The Morgan fingerprint density at radius 3 is 2.82 bits per heavy atom. The van der Waals surface area contributed by atoms with Crippen LogP contribution in [0, 0.1) is 0 Å². The van der Waals surface area contributed by atoms with Crippen molar-refractivity contribution in [3.63, 3.8) is 0 Å². The molecule has 0 aromatic carbocycles. The maximum atomic E-state index is 12.0. The van der Waals surface area contributed by atoms with Gasteiger partial charge in [0.2, 0.25) is 0 Å². The van der Waals surface area contributed by atoms with Gasteiger partial charge in [-0.1, -0.05) is 0 Å². The van der Waals surface area contributed by atoms with Crippen molar-refractivity contribution in [1.82, 2.24) is 5.32 Å². The fourth-order valence-corrected chi connectivity index (χ4v) is 2.72. The highest BCUT2D eigenvalue weighted by atomic mass is 32.1. The molecule has 0 unspecified atom stereocenters. The molecule has 4 nitrogen and oxygen atoms in total. The van der Waals surface area contributed by atoms with Crippen molar-refractivity contribution >= 4 is 23.0 Å². The molecule has 1 N–H and O–H groups in total. The van der Waals surface area contributed by atoms with Gasteiger partial charge in [-0.3, -0.25) is 9.59 Å². The molecular weight excluding hydrogens is 238 g/mol. The van der Waals surface area contributed by atoms with E-state index in [1.165, 1.54) is 11.3 Å². The number of carbonyl (C=O) groups excluding carboxylic acids is 2. The van der Waals surface area contributed by atoms with Gasteiger partial charge in [-0.05, 0) is 24.3 Å². The molecule has 0 atom stereocenters. The van der Waals surface area contributed by atoms with Gasteiger partial charge in [-0.2, -0.15) is 0 Å². The van der Waals surface area contributed by atoms with E-state index in [9.17, 15) is 9.59 Å². The molecule has 0 saturated heterocycles. The van der Waals surface area contributed by atoms with Crippen LogP contribution in [0.1, 0.15) is 35.4 Å². The van der Waals surface area contributed by atoms with Crippen LogP contribution in [0.2, 0.25) is 0 Å². The van der Waals surface area contributed by atoms with E-state index in [0.717, 1.165) is 12.8 Å². The lowest BCUT2D eigenvalue weighted by Gasteiger charge is -2.21. The predicted octanol–water partition coefficient (Wildman–Crippen LogP) is 2.00. The van der Waals surface area contributed by atoms with E-state index in [-0.39, 0.29) is 11.9 Å². The van der Waals surface area contributed by atoms with Crippen LogP contribution in [0.15, 0.2) is 11.4 Å². The summed E-state index contributed by atoms with van der Waals surface area (Å²) in [6.45, 7) is 0. The molecule has 1 aromatic heterocycles. The van der Waals surface area contributed by atoms with Gasteiger partial charge in [0.15, 0.2) is 0 Å². The van der Waals surface area contributed by atoms with Gasteiger partial charge in [0.25, 0.3) is 5.91 Å². The minimum Gasteiger partial charge on any atom is -0.495 e. The quantitative estimate of drug-likeness (QED) is 0.896. The number of thiophene rings is 1. The minimum atomic E-state index is -0.101. The molecule has 0 bridgehead atoms. The molecule has 1 amide bonds. The maximum absolute atomic E-state index is 12.0. The average Bonchev–Trinajstić information content (AvgIpc) is 2.80. The first-order valence-corrected chi connectivity index (χ1v) is 6.52. The zero-order valence-electron chi connectivity index (χ0n) is 9.69. The highest BCUT2D eigenvalue weighted by Crippen LogP contribution is 2.25. The monoisotopic (exact) mass is 253 g/mol. The number of rotatable bonds is 3. The Morgan fingerprint density at radius 1 is 1.47 bits per heavy atom. The van der Waals surface area contributed by atoms with Crippen molar-refractivity contribution in [3.8, 4) is 5.75 Å². The molecular formula is C12H15NO3S. The molecule has 17 heavy (non-hydrogen) atoms. The van der Waals surface area contributed by atoms with E-state index in [4.69, 9.17) is 4.74 Å². The third kappa shape index (κ3) is 2.85. The zero-order valence-corrected chi connectivity index (χ0v) is 10.5. The van der Waals surface area contributed by atoms with Crippen LogP contribution in [0.5, 0.6) is 5.75 Å². The summed E-state index contributed by atoms with van der Waals surface area (Å²) < 4.78 is 5.11. The second-order valence-corrected chi connectivity index (χ2v) is 5.02. The summed E-state index contributed by atoms with van der Waals surface area (Å²) in [6.07, 6.45) is 2.65. The predicted molar refractivity (Wildman–Crippen MR) is 65.6 cm³/mol. The first-order chi connectivity index (χ1) is 8.20. The first kappa shape index (κ1) is 12.1. The summed E-state index contributed by atoms with van der Waals surface area (Å²) in [6, 6.07) is 1.90. The van der Waals surface area contributed by atoms with Crippen LogP contribution < -0.4 is 10.1 Å². The topological polar surface area (TPSA) is 55.4 Å². The standard InChI is InChI=1S/C12H15NO3S/c1-16-10-6-7-17-11(10)12(15)13-8-2-4-9(14)5-3-8/h6-8H,2-5H2,1H3,(H,13,15). The minimum absolute atomic E-state index is 0.101. The summed E-state index contributed by atoms with van der Waals surface area (Å²) in [5.41, 5.74) is 0. The number of ether oxygens (including phenoxy) is 1. The van der Waals surface area contributed by atoms with Crippen molar-refractivity contribution in [3.05, 3.63) is 16.3 Å². The van der Waals surface area contributed by atoms with Gasteiger partial charge in [-0.25, -0.2) is 0 Å². The average molecular weight is 253 g/mol. The van der Waals surface area contributed by atoms with Crippen LogP contribution in [0.25, 0.3) is 0 Å². The fourth-order valence-electron chi connectivity index (χ4n) is 1.96. The van der Waals surface area contributed by atoms with Gasteiger partial charge in [0.1, 0.15) is 16.4 Å². The normalized spacial score (nSPS) is 16.9. The van der Waals surface area contributed by atoms with E-state index in [0.29, 0.717) is 29.3 Å². The number of amides is 1. The number of ketones is 1. The van der Waals surface area contributed by atoms with Crippen molar-refractivity contribution in [2.45, 2.75) is 31.7 Å². The summed E-state index contributed by atoms with van der Waals surface area (Å²) in [5.74, 6) is 0.805. The van der Waals surface area contributed by atoms with Crippen LogP contribution in [-0.2, 0) is 4.79 Å². The molecule has 1 saturated carbocycles. The Kier molecular flexibility index (Phi) is 3.78. The lowest BCUT2D eigenvalue weighted by molar-refractivity contribution is -0.120. The number of nitrogens with one attached hydrogen (secondary N) is 1. The molecule has 1 heterocycles. The zero-order chi connectivity index (χ0) is 12.3. The summed E-state index contributed by atoms with van der Waals surface area (Å²) in [4.78, 5) is 23.7. The first-order valence-electron chi connectivity index (χ1n) is 5.64. The highest BCUT2D eigenvalue weighted by molar-refractivity contribution is 7.12. The smallest absolute Gasteiger partial charge is 0.265 e. The van der Waals surface area contributed by atoms with E-state index >= 15 is 0 Å². The molecule has 0 radical (unpaired) electrons. The maximum Gasteiger partial charge on any atom is 0.265 e. The number of hydrogen-bond acceptors (Lipinski definition) is 4. The summed E-state index contributed by atoms with van der Waals surface area (Å²) in [7, 11) is 1.55. The van der Waals surface area contributed by atoms with E-state index in [1.807, 2.05) is 5.38 Å². The highest BCUT2D eigenvalue weighted by Gasteiger charge is 2.22. The Balaban J connectivity index is 1.95. The molecule has 5 heteroatoms. The Labute approximate surface area is 104 Å². The fraction of sp³-hybridized carbons (Fsp3) is 0.500. The third-order valence-corrected chi connectivity index (χ3v) is 3.83. The lowest BCUT2D eigenvalue weighted by atomic mass is 9.94. The van der Waals surface area contributed by atoms with Crippen molar-refractivity contribution in [1.29, 1.82) is 0 Å². The molecule has 1 aromatic rings. The van der Waals surface area contributed by atoms with Crippen molar-refractivity contribution in [2.75, 3.05) is 7.11 Å². The summed E-state index contributed by atoms with van der Waals surface area (Å²) in [5, 5.41) is 4.79. The summed E-state index contributed by atoms with van der Waals surface area (Å²) >= 11 is 1.37. The van der Waals surface area contributed by atoms with Crippen LogP contribution in [0.4, 0.5) is 0 Å². The number of hydrogen-bond donors (Lipinski definition) is 1. The van der Waals surface area contributed by atoms with Crippen LogP contribution in [0.3, 0.4) is 0 Å². The van der Waals surface area contributed by atoms with Gasteiger partial charge < -0.3 is 10.1 Å². The largest absolute Gasteiger partial charge is 0.495 e. The van der Waals surface area contributed by atoms with Crippen LogP contribution in [-0.4, -0.2) is 24.8 Å². The van der Waals surface area contributed by atoms with E-state index in [1.54, 1.807) is 13.2 Å². The SMILES string of the molecule is COc1ccsc1C(=O)NC1CCC(=O)CC1. The molecule has 92 valence electrons. The molecule has 1 aliphatic carbocycles. The second kappa shape index (κ2) is 5.31. The number of carbonyl (C=O) groups is 2. The number of methoxy groups -OCH3 is 1. The molecule has 1 fully saturated rings.